The highest BCUT2D eigenvalue weighted by Gasteiger charge is 2.37. The molecule has 1 atom stereocenters. The monoisotopic (exact) mass is 409 g/mol. The Labute approximate surface area is 168 Å². The number of nitriles is 1. The van der Waals surface area contributed by atoms with Crippen molar-refractivity contribution in [3.63, 3.8) is 0 Å². The van der Waals surface area contributed by atoms with E-state index in [0.29, 0.717) is 15.4 Å². The molecule has 1 N–H and O–H groups in total. The first kappa shape index (κ1) is 18.9. The summed E-state index contributed by atoms with van der Waals surface area (Å²) in [4.78, 5) is 8.55. The van der Waals surface area contributed by atoms with Crippen LogP contribution >= 0.6 is 11.3 Å². The van der Waals surface area contributed by atoms with Crippen molar-refractivity contribution < 1.29 is 13.9 Å². The van der Waals surface area contributed by atoms with Crippen molar-refractivity contribution in [2.24, 2.45) is 0 Å². The van der Waals surface area contributed by atoms with Crippen LogP contribution in [0, 0.1) is 23.0 Å². The third-order valence-electron chi connectivity index (χ3n) is 4.41. The fraction of sp³-hybridized carbons (Fsp3) is 0.100. The van der Waals surface area contributed by atoms with E-state index in [1.807, 2.05) is 6.07 Å². The minimum atomic E-state index is -1.84. The van der Waals surface area contributed by atoms with E-state index in [9.17, 15) is 13.9 Å². The third-order valence-corrected chi connectivity index (χ3v) is 5.61. The second-order valence-corrected chi connectivity index (χ2v) is 7.33. The van der Waals surface area contributed by atoms with Gasteiger partial charge < -0.3 is 5.11 Å². The van der Waals surface area contributed by atoms with E-state index in [-0.39, 0.29) is 12.1 Å². The number of rotatable bonds is 5. The number of aliphatic hydroxyl groups is 1. The standard InChI is InChI=1S/C20H13F2N5OS/c21-15-5-6-16(17(22)7-15)20(28,10-27-12-24-11-26-27)18-9-25-19(29-18)14-3-1-13(8-23)2-4-14/h1-7,9,11-12,28H,10H2. The predicted molar refractivity (Wildman–Crippen MR) is 102 cm³/mol. The van der Waals surface area contributed by atoms with Gasteiger partial charge in [-0.15, -0.1) is 11.3 Å². The fourth-order valence-electron chi connectivity index (χ4n) is 2.96. The second kappa shape index (κ2) is 7.50. The number of hydrogen-bond acceptors (Lipinski definition) is 6. The highest BCUT2D eigenvalue weighted by Crippen LogP contribution is 2.38. The Morgan fingerprint density at radius 2 is 1.97 bits per heavy atom. The Morgan fingerprint density at radius 3 is 2.62 bits per heavy atom. The molecule has 0 saturated carbocycles. The van der Waals surface area contributed by atoms with E-state index in [1.165, 1.54) is 40.9 Å². The molecule has 0 aliphatic heterocycles. The van der Waals surface area contributed by atoms with Gasteiger partial charge in [-0.3, -0.25) is 0 Å². The minimum Gasteiger partial charge on any atom is -0.377 e. The van der Waals surface area contributed by atoms with Gasteiger partial charge in [0.05, 0.1) is 23.1 Å². The minimum absolute atomic E-state index is 0.0931. The fourth-order valence-corrected chi connectivity index (χ4v) is 3.97. The predicted octanol–water partition coefficient (Wildman–Crippen LogP) is 3.49. The molecular formula is C20H13F2N5OS. The Hall–Kier alpha value is -3.48. The molecule has 0 fully saturated rings. The van der Waals surface area contributed by atoms with Crippen molar-refractivity contribution in [3.8, 4) is 16.6 Å². The zero-order valence-corrected chi connectivity index (χ0v) is 15.6. The van der Waals surface area contributed by atoms with Crippen LogP contribution in [0.1, 0.15) is 16.0 Å². The first-order valence-corrected chi connectivity index (χ1v) is 9.28. The van der Waals surface area contributed by atoms with Crippen LogP contribution in [0.3, 0.4) is 0 Å². The zero-order valence-electron chi connectivity index (χ0n) is 14.8. The van der Waals surface area contributed by atoms with Crippen molar-refractivity contribution in [1.29, 1.82) is 5.26 Å². The lowest BCUT2D eigenvalue weighted by Gasteiger charge is -2.27. The van der Waals surface area contributed by atoms with Crippen LogP contribution in [0.25, 0.3) is 10.6 Å². The van der Waals surface area contributed by atoms with E-state index in [1.54, 1.807) is 24.3 Å². The van der Waals surface area contributed by atoms with Crippen LogP contribution in [0.15, 0.2) is 61.3 Å². The molecule has 0 bridgehead atoms. The molecule has 4 rings (SSSR count). The number of benzene rings is 2. The van der Waals surface area contributed by atoms with Gasteiger partial charge in [-0.05, 0) is 24.3 Å². The molecule has 0 radical (unpaired) electrons. The van der Waals surface area contributed by atoms with Crippen LogP contribution in [0.2, 0.25) is 0 Å². The topological polar surface area (TPSA) is 87.6 Å². The molecule has 29 heavy (non-hydrogen) atoms. The molecule has 0 aliphatic carbocycles. The molecule has 0 saturated heterocycles. The van der Waals surface area contributed by atoms with Gasteiger partial charge in [0, 0.05) is 23.4 Å². The van der Waals surface area contributed by atoms with Gasteiger partial charge in [0.15, 0.2) is 0 Å². The molecule has 4 aromatic rings. The second-order valence-electron chi connectivity index (χ2n) is 6.30. The SMILES string of the molecule is N#Cc1ccc(-c2ncc(C(O)(Cn3cncn3)c3ccc(F)cc3F)s2)cc1. The maximum Gasteiger partial charge on any atom is 0.148 e. The van der Waals surface area contributed by atoms with Crippen LogP contribution in [0.5, 0.6) is 0 Å². The maximum absolute atomic E-state index is 14.6. The summed E-state index contributed by atoms with van der Waals surface area (Å²) in [6.07, 6.45) is 4.16. The van der Waals surface area contributed by atoms with Gasteiger partial charge in [-0.1, -0.05) is 12.1 Å². The molecule has 2 aromatic carbocycles. The summed E-state index contributed by atoms with van der Waals surface area (Å²) in [6, 6.07) is 11.9. The average molecular weight is 409 g/mol. The lowest BCUT2D eigenvalue weighted by atomic mass is 9.92. The van der Waals surface area contributed by atoms with Crippen molar-refractivity contribution in [2.45, 2.75) is 12.1 Å². The third kappa shape index (κ3) is 3.63. The number of aromatic nitrogens is 4. The molecule has 1 unspecified atom stereocenters. The summed E-state index contributed by atoms with van der Waals surface area (Å²) in [5.41, 5.74) is -0.664. The van der Waals surface area contributed by atoms with Crippen molar-refractivity contribution >= 4 is 11.3 Å². The largest absolute Gasteiger partial charge is 0.377 e. The van der Waals surface area contributed by atoms with Crippen molar-refractivity contribution in [2.75, 3.05) is 0 Å². The zero-order chi connectivity index (χ0) is 20.4. The Balaban J connectivity index is 1.79. The molecule has 2 heterocycles. The lowest BCUT2D eigenvalue weighted by Crippen LogP contribution is -2.33. The lowest BCUT2D eigenvalue weighted by molar-refractivity contribution is 0.0569. The van der Waals surface area contributed by atoms with Crippen molar-refractivity contribution in [3.05, 3.63) is 89.0 Å². The molecule has 0 amide bonds. The maximum atomic E-state index is 14.6. The highest BCUT2D eigenvalue weighted by molar-refractivity contribution is 7.15. The normalized spacial score (nSPS) is 13.0. The quantitative estimate of drug-likeness (QED) is 0.545. The van der Waals surface area contributed by atoms with E-state index in [2.05, 4.69) is 15.1 Å². The van der Waals surface area contributed by atoms with Crippen LogP contribution in [0.4, 0.5) is 8.78 Å². The van der Waals surface area contributed by atoms with Gasteiger partial charge in [0.2, 0.25) is 0 Å². The highest BCUT2D eigenvalue weighted by atomic mass is 32.1. The Bertz CT molecular complexity index is 1180. The van der Waals surface area contributed by atoms with E-state index in [4.69, 9.17) is 5.26 Å². The van der Waals surface area contributed by atoms with Gasteiger partial charge in [-0.25, -0.2) is 23.4 Å². The van der Waals surface area contributed by atoms with Crippen LogP contribution in [-0.2, 0) is 12.1 Å². The molecule has 9 heteroatoms. The molecule has 6 nitrogen and oxygen atoms in total. The summed E-state index contributed by atoms with van der Waals surface area (Å²) in [5, 5.41) is 25.0. The summed E-state index contributed by atoms with van der Waals surface area (Å²) >= 11 is 1.17. The number of thiazole rings is 1. The van der Waals surface area contributed by atoms with E-state index in [0.717, 1.165) is 17.7 Å². The molecule has 2 aromatic heterocycles. The molecule has 0 spiro atoms. The van der Waals surface area contributed by atoms with Crippen LogP contribution < -0.4 is 0 Å². The number of hydrogen-bond donors (Lipinski definition) is 1. The average Bonchev–Trinajstić information content (AvgIpc) is 3.40. The summed E-state index contributed by atoms with van der Waals surface area (Å²) < 4.78 is 29.4. The summed E-state index contributed by atoms with van der Waals surface area (Å²) in [7, 11) is 0. The molecule has 144 valence electrons. The smallest absolute Gasteiger partial charge is 0.148 e. The van der Waals surface area contributed by atoms with Gasteiger partial charge in [0.25, 0.3) is 0 Å². The number of halogens is 2. The first-order valence-electron chi connectivity index (χ1n) is 8.47. The molecule has 0 aliphatic rings. The van der Waals surface area contributed by atoms with Crippen molar-refractivity contribution in [1.82, 2.24) is 19.7 Å². The van der Waals surface area contributed by atoms with Gasteiger partial charge >= 0.3 is 0 Å². The Kier molecular flexibility index (Phi) is 4.88. The Morgan fingerprint density at radius 1 is 1.17 bits per heavy atom. The summed E-state index contributed by atoms with van der Waals surface area (Å²) in [6.45, 7) is -0.134. The number of nitrogens with zero attached hydrogens (tertiary/aromatic N) is 5. The van der Waals surface area contributed by atoms with E-state index >= 15 is 0 Å². The first-order chi connectivity index (χ1) is 14.0. The molecular weight excluding hydrogens is 396 g/mol. The van der Waals surface area contributed by atoms with E-state index < -0.39 is 17.2 Å². The van der Waals surface area contributed by atoms with Gasteiger partial charge in [0.1, 0.15) is 34.9 Å². The van der Waals surface area contributed by atoms with Gasteiger partial charge in [-0.2, -0.15) is 10.4 Å². The summed E-state index contributed by atoms with van der Waals surface area (Å²) in [5.74, 6) is -1.61. The van der Waals surface area contributed by atoms with Crippen LogP contribution in [-0.4, -0.2) is 24.9 Å².